The number of hydrogen-bond acceptors (Lipinski definition) is 6. The molecule has 1 amide bonds. The van der Waals surface area contributed by atoms with E-state index in [0.29, 0.717) is 50.7 Å². The molecule has 164 valence electrons. The third-order valence-electron chi connectivity index (χ3n) is 6.25. The van der Waals surface area contributed by atoms with Crippen LogP contribution in [0.2, 0.25) is 0 Å². The highest BCUT2D eigenvalue weighted by Crippen LogP contribution is 2.41. The number of rotatable bonds is 4. The zero-order valence-corrected chi connectivity index (χ0v) is 18.2. The van der Waals surface area contributed by atoms with E-state index in [2.05, 4.69) is 9.97 Å². The number of fused-ring (bicyclic) bond motifs is 2. The second kappa shape index (κ2) is 8.76. The van der Waals surface area contributed by atoms with Crippen molar-refractivity contribution in [1.82, 2.24) is 19.9 Å². The van der Waals surface area contributed by atoms with Crippen molar-refractivity contribution in [3.8, 4) is 11.4 Å². The monoisotopic (exact) mass is 430 g/mol. The molecule has 5 rings (SSSR count). The third kappa shape index (κ3) is 3.89. The molecule has 1 saturated heterocycles. The van der Waals surface area contributed by atoms with E-state index in [1.165, 1.54) is 0 Å². The molecule has 1 aromatic carbocycles. The number of ether oxygens (including phenoxy) is 2. The number of amides is 1. The number of carbonyl (C=O) groups is 1. The number of pyridine rings is 1. The molecule has 32 heavy (non-hydrogen) atoms. The van der Waals surface area contributed by atoms with E-state index < -0.39 is 5.60 Å². The second-order valence-electron chi connectivity index (χ2n) is 8.27. The average molecular weight is 431 g/mol. The first-order chi connectivity index (χ1) is 15.7. The Labute approximate surface area is 187 Å². The van der Waals surface area contributed by atoms with Crippen molar-refractivity contribution < 1.29 is 14.3 Å². The molecule has 7 nitrogen and oxygen atoms in total. The van der Waals surface area contributed by atoms with Gasteiger partial charge in [0.25, 0.3) is 5.91 Å². The van der Waals surface area contributed by atoms with Crippen LogP contribution in [0.4, 0.5) is 0 Å². The smallest absolute Gasteiger partial charge is 0.272 e. The minimum atomic E-state index is -0.470. The zero-order chi connectivity index (χ0) is 22.0. The quantitative estimate of drug-likeness (QED) is 0.632. The van der Waals surface area contributed by atoms with Gasteiger partial charge in [-0.15, -0.1) is 0 Å². The fourth-order valence-electron chi connectivity index (χ4n) is 4.58. The third-order valence-corrected chi connectivity index (χ3v) is 6.25. The number of aromatic nitrogens is 3. The van der Waals surface area contributed by atoms with Gasteiger partial charge in [0.2, 0.25) is 0 Å². The Bertz CT molecular complexity index is 1110. The Morgan fingerprint density at radius 2 is 1.91 bits per heavy atom. The number of likely N-dealkylation sites (tertiary alicyclic amines) is 1. The number of methoxy groups -OCH3 is 1. The summed E-state index contributed by atoms with van der Waals surface area (Å²) in [6, 6.07) is 15.5. The fourth-order valence-corrected chi connectivity index (χ4v) is 4.58. The highest BCUT2D eigenvalue weighted by Gasteiger charge is 2.43. The van der Waals surface area contributed by atoms with Gasteiger partial charge in [0.1, 0.15) is 11.3 Å². The number of nitrogens with zero attached hydrogens (tertiary/aromatic N) is 4. The van der Waals surface area contributed by atoms with Crippen molar-refractivity contribution in [2.75, 3.05) is 26.8 Å². The molecule has 3 aromatic rings. The summed E-state index contributed by atoms with van der Waals surface area (Å²) in [6.45, 7) is 2.23. The predicted octanol–water partition coefficient (Wildman–Crippen LogP) is 3.39. The van der Waals surface area contributed by atoms with E-state index in [1.807, 2.05) is 53.6 Å². The SMILES string of the molecule is COCc1cccc(C(=O)N2CCC3(CC2)OCCc2cnc(-c4ccccc4)nc23)n1. The first kappa shape index (κ1) is 20.7. The Morgan fingerprint density at radius 3 is 2.69 bits per heavy atom. The maximum Gasteiger partial charge on any atom is 0.272 e. The minimum Gasteiger partial charge on any atom is -0.378 e. The molecule has 7 heteroatoms. The van der Waals surface area contributed by atoms with Crippen molar-refractivity contribution in [3.05, 3.63) is 77.4 Å². The normalized spacial score (nSPS) is 17.2. The summed E-state index contributed by atoms with van der Waals surface area (Å²) in [5.74, 6) is 0.661. The summed E-state index contributed by atoms with van der Waals surface area (Å²) in [7, 11) is 1.62. The lowest BCUT2D eigenvalue weighted by Crippen LogP contribution is -2.49. The topological polar surface area (TPSA) is 77.4 Å². The van der Waals surface area contributed by atoms with Crippen LogP contribution in [0.5, 0.6) is 0 Å². The Morgan fingerprint density at radius 1 is 1.09 bits per heavy atom. The van der Waals surface area contributed by atoms with Gasteiger partial charge in [-0.05, 0) is 37.0 Å². The van der Waals surface area contributed by atoms with Gasteiger partial charge < -0.3 is 14.4 Å². The van der Waals surface area contributed by atoms with Gasteiger partial charge in [-0.25, -0.2) is 15.0 Å². The Balaban J connectivity index is 1.37. The molecule has 0 aliphatic carbocycles. The van der Waals surface area contributed by atoms with Crippen LogP contribution >= 0.6 is 0 Å². The molecule has 0 unspecified atom stereocenters. The number of hydrogen-bond donors (Lipinski definition) is 0. The standard InChI is InChI=1S/C25H26N4O3/c1-31-17-20-8-5-9-21(27-20)24(30)29-13-11-25(12-14-29)22-19(10-15-32-25)16-26-23(28-22)18-6-3-2-4-7-18/h2-9,16H,10-15,17H2,1H3. The largest absolute Gasteiger partial charge is 0.378 e. The van der Waals surface area contributed by atoms with Crippen LogP contribution in [0.15, 0.2) is 54.7 Å². The van der Waals surface area contributed by atoms with Crippen LogP contribution in [0.1, 0.15) is 40.3 Å². The van der Waals surface area contributed by atoms with E-state index in [0.717, 1.165) is 28.9 Å². The minimum absolute atomic E-state index is 0.0542. The van der Waals surface area contributed by atoms with Crippen LogP contribution in [0.3, 0.4) is 0 Å². The average Bonchev–Trinajstić information content (AvgIpc) is 2.85. The van der Waals surface area contributed by atoms with Gasteiger partial charge in [0, 0.05) is 32.0 Å². The van der Waals surface area contributed by atoms with Crippen LogP contribution in [-0.4, -0.2) is 52.6 Å². The summed E-state index contributed by atoms with van der Waals surface area (Å²) in [5, 5.41) is 0. The van der Waals surface area contributed by atoms with E-state index in [9.17, 15) is 4.79 Å². The van der Waals surface area contributed by atoms with E-state index in [4.69, 9.17) is 14.5 Å². The first-order valence-corrected chi connectivity index (χ1v) is 11.0. The molecule has 0 saturated carbocycles. The van der Waals surface area contributed by atoms with Gasteiger partial charge in [-0.2, -0.15) is 0 Å². The molecular weight excluding hydrogens is 404 g/mol. The van der Waals surface area contributed by atoms with Gasteiger partial charge in [-0.1, -0.05) is 36.4 Å². The van der Waals surface area contributed by atoms with Gasteiger partial charge in [0.15, 0.2) is 5.82 Å². The first-order valence-electron chi connectivity index (χ1n) is 11.0. The molecular formula is C25H26N4O3. The molecule has 2 aliphatic heterocycles. The molecule has 0 radical (unpaired) electrons. The Kier molecular flexibility index (Phi) is 5.68. The van der Waals surface area contributed by atoms with Gasteiger partial charge in [-0.3, -0.25) is 4.79 Å². The fraction of sp³-hybridized carbons (Fsp3) is 0.360. The van der Waals surface area contributed by atoms with Crippen molar-refractivity contribution in [2.45, 2.75) is 31.5 Å². The van der Waals surface area contributed by atoms with Gasteiger partial charge >= 0.3 is 0 Å². The lowest BCUT2D eigenvalue weighted by Gasteiger charge is -2.44. The highest BCUT2D eigenvalue weighted by molar-refractivity contribution is 5.92. The Hall–Kier alpha value is -3.16. The van der Waals surface area contributed by atoms with Crippen LogP contribution in [0, 0.1) is 0 Å². The lowest BCUT2D eigenvalue weighted by atomic mass is 9.83. The number of benzene rings is 1. The van der Waals surface area contributed by atoms with Crippen molar-refractivity contribution in [1.29, 1.82) is 0 Å². The summed E-state index contributed by atoms with van der Waals surface area (Å²) in [6.07, 6.45) is 4.16. The summed E-state index contributed by atoms with van der Waals surface area (Å²) < 4.78 is 11.5. The summed E-state index contributed by atoms with van der Waals surface area (Å²) in [4.78, 5) is 28.9. The van der Waals surface area contributed by atoms with E-state index in [1.54, 1.807) is 13.2 Å². The predicted molar refractivity (Wildman–Crippen MR) is 119 cm³/mol. The molecule has 4 heterocycles. The number of carbonyl (C=O) groups excluding carboxylic acids is 1. The molecule has 0 atom stereocenters. The molecule has 1 spiro atoms. The molecule has 2 aromatic heterocycles. The molecule has 1 fully saturated rings. The van der Waals surface area contributed by atoms with Crippen LogP contribution in [0.25, 0.3) is 11.4 Å². The molecule has 0 bridgehead atoms. The zero-order valence-electron chi connectivity index (χ0n) is 18.2. The summed E-state index contributed by atoms with van der Waals surface area (Å²) >= 11 is 0. The molecule has 2 aliphatic rings. The van der Waals surface area contributed by atoms with E-state index >= 15 is 0 Å². The second-order valence-corrected chi connectivity index (χ2v) is 8.27. The van der Waals surface area contributed by atoms with Crippen LogP contribution in [-0.2, 0) is 28.1 Å². The maximum atomic E-state index is 13.1. The number of piperidine rings is 1. The highest BCUT2D eigenvalue weighted by atomic mass is 16.5. The van der Waals surface area contributed by atoms with Crippen LogP contribution < -0.4 is 0 Å². The maximum absolute atomic E-state index is 13.1. The van der Waals surface area contributed by atoms with Gasteiger partial charge in [0.05, 0.1) is 24.6 Å². The summed E-state index contributed by atoms with van der Waals surface area (Å²) in [5.41, 5.74) is 3.85. The van der Waals surface area contributed by atoms with Crippen molar-refractivity contribution in [2.24, 2.45) is 0 Å². The molecule has 0 N–H and O–H groups in total. The van der Waals surface area contributed by atoms with Crippen molar-refractivity contribution in [3.63, 3.8) is 0 Å². The van der Waals surface area contributed by atoms with E-state index in [-0.39, 0.29) is 5.91 Å². The van der Waals surface area contributed by atoms with Crippen molar-refractivity contribution >= 4 is 5.91 Å². The lowest BCUT2D eigenvalue weighted by molar-refractivity contribution is -0.0967.